The molecule has 4 rings (SSSR count). The molecule has 0 aliphatic carbocycles. The number of aryl methyl sites for hydroxylation is 1. The van der Waals surface area contributed by atoms with Crippen molar-refractivity contribution in [3.8, 4) is 0 Å². The van der Waals surface area contributed by atoms with Crippen molar-refractivity contribution in [2.24, 2.45) is 4.40 Å². The molecule has 4 aromatic rings. The smallest absolute Gasteiger partial charge is 0.345 e. The second-order valence-electron chi connectivity index (χ2n) is 6.58. The van der Waals surface area contributed by atoms with E-state index in [1.165, 1.54) is 12.1 Å². The van der Waals surface area contributed by atoms with Gasteiger partial charge in [-0.2, -0.15) is 12.8 Å². The van der Waals surface area contributed by atoms with Gasteiger partial charge in [0.25, 0.3) is 10.0 Å². The Bertz CT molecular complexity index is 1370. The molecule has 1 aromatic heterocycles. The Morgan fingerprint density at radius 1 is 0.862 bits per heavy atom. The maximum Gasteiger partial charge on any atom is 0.345 e. The lowest BCUT2D eigenvalue weighted by atomic mass is 10.0. The fourth-order valence-electron chi connectivity index (χ4n) is 2.96. The van der Waals surface area contributed by atoms with Crippen LogP contribution < -0.4 is 5.63 Å². The summed E-state index contributed by atoms with van der Waals surface area (Å²) in [5.74, 6) is 0. The molecule has 1 heterocycles. The number of para-hydroxylation sites is 1. The van der Waals surface area contributed by atoms with Crippen LogP contribution in [0.15, 0.2) is 103 Å². The van der Waals surface area contributed by atoms with Crippen LogP contribution in [-0.4, -0.2) is 14.1 Å². The van der Waals surface area contributed by atoms with E-state index < -0.39 is 15.6 Å². The standard InChI is InChI=1S/C23H17NO4S/c1-16-11-13-19(14-12-16)29(26,27)24-22(17-7-3-2-4-8-17)20-15-18-9-5-6-10-21(18)28-23(20)25/h2-15H,1H3/b24-22+. The minimum atomic E-state index is -4.04. The van der Waals surface area contributed by atoms with Crippen LogP contribution >= 0.6 is 0 Å². The number of rotatable bonds is 4. The first-order valence-electron chi connectivity index (χ1n) is 8.94. The van der Waals surface area contributed by atoms with Gasteiger partial charge in [-0.25, -0.2) is 4.79 Å². The van der Waals surface area contributed by atoms with Crippen molar-refractivity contribution < 1.29 is 12.8 Å². The van der Waals surface area contributed by atoms with Crippen LogP contribution in [0.5, 0.6) is 0 Å². The maximum atomic E-state index is 13.0. The quantitative estimate of drug-likeness (QED) is 0.375. The highest BCUT2D eigenvalue weighted by Crippen LogP contribution is 2.19. The van der Waals surface area contributed by atoms with E-state index in [0.717, 1.165) is 5.56 Å². The summed E-state index contributed by atoms with van der Waals surface area (Å²) in [5.41, 5.74) is 1.36. The molecule has 0 unspecified atom stereocenters. The van der Waals surface area contributed by atoms with E-state index in [4.69, 9.17) is 4.42 Å². The van der Waals surface area contributed by atoms with Crippen molar-refractivity contribution in [1.29, 1.82) is 0 Å². The predicted molar refractivity (Wildman–Crippen MR) is 113 cm³/mol. The average molecular weight is 403 g/mol. The topological polar surface area (TPSA) is 76.7 Å². The van der Waals surface area contributed by atoms with Crippen molar-refractivity contribution in [1.82, 2.24) is 0 Å². The van der Waals surface area contributed by atoms with E-state index in [-0.39, 0.29) is 16.2 Å². The van der Waals surface area contributed by atoms with Crippen molar-refractivity contribution in [2.45, 2.75) is 11.8 Å². The molecule has 0 atom stereocenters. The van der Waals surface area contributed by atoms with Crippen molar-refractivity contribution in [3.05, 3.63) is 112 Å². The van der Waals surface area contributed by atoms with Gasteiger partial charge in [0.1, 0.15) is 5.58 Å². The normalized spacial score (nSPS) is 12.2. The molecular weight excluding hydrogens is 386 g/mol. The van der Waals surface area contributed by atoms with Gasteiger partial charge in [0.15, 0.2) is 0 Å². The fraction of sp³-hybridized carbons (Fsp3) is 0.0435. The Morgan fingerprint density at radius 2 is 1.52 bits per heavy atom. The lowest BCUT2D eigenvalue weighted by Crippen LogP contribution is -2.17. The summed E-state index contributed by atoms with van der Waals surface area (Å²) < 4.78 is 35.4. The fourth-order valence-corrected chi connectivity index (χ4v) is 3.99. The Morgan fingerprint density at radius 3 is 2.24 bits per heavy atom. The van der Waals surface area contributed by atoms with Crippen LogP contribution in [0.3, 0.4) is 0 Å². The Labute approximate surface area is 168 Å². The minimum absolute atomic E-state index is 0.0469. The van der Waals surface area contributed by atoms with Crippen LogP contribution in [0.2, 0.25) is 0 Å². The third-order valence-electron chi connectivity index (χ3n) is 4.47. The van der Waals surface area contributed by atoms with E-state index in [1.54, 1.807) is 66.7 Å². The molecule has 29 heavy (non-hydrogen) atoms. The van der Waals surface area contributed by atoms with Gasteiger partial charge in [-0.1, -0.05) is 66.2 Å². The van der Waals surface area contributed by atoms with E-state index >= 15 is 0 Å². The van der Waals surface area contributed by atoms with Gasteiger partial charge in [0.2, 0.25) is 0 Å². The molecule has 144 valence electrons. The highest BCUT2D eigenvalue weighted by Gasteiger charge is 2.20. The molecule has 0 aliphatic rings. The first kappa shape index (κ1) is 18.8. The monoisotopic (exact) mass is 403 g/mol. The van der Waals surface area contributed by atoms with Gasteiger partial charge in [-0.05, 0) is 31.2 Å². The van der Waals surface area contributed by atoms with Crippen LogP contribution in [0, 0.1) is 6.92 Å². The minimum Gasteiger partial charge on any atom is -0.422 e. The van der Waals surface area contributed by atoms with Crippen LogP contribution in [-0.2, 0) is 10.0 Å². The lowest BCUT2D eigenvalue weighted by molar-refractivity contribution is 0.559. The van der Waals surface area contributed by atoms with E-state index in [9.17, 15) is 13.2 Å². The molecule has 3 aromatic carbocycles. The first-order chi connectivity index (χ1) is 13.9. The van der Waals surface area contributed by atoms with E-state index in [2.05, 4.69) is 4.40 Å². The first-order valence-corrected chi connectivity index (χ1v) is 10.4. The molecule has 0 aliphatic heterocycles. The molecule has 0 spiro atoms. The summed E-state index contributed by atoms with van der Waals surface area (Å²) >= 11 is 0. The summed E-state index contributed by atoms with van der Waals surface area (Å²) in [4.78, 5) is 12.7. The number of nitrogens with zero attached hydrogens (tertiary/aromatic N) is 1. The maximum absolute atomic E-state index is 13.0. The van der Waals surface area contributed by atoms with Gasteiger partial charge < -0.3 is 4.42 Å². The Kier molecular flexibility index (Phi) is 4.86. The third kappa shape index (κ3) is 3.88. The summed E-state index contributed by atoms with van der Waals surface area (Å²) in [6, 6.07) is 23.8. The summed E-state index contributed by atoms with van der Waals surface area (Å²) in [6.07, 6.45) is 0. The number of fused-ring (bicyclic) bond motifs is 1. The second-order valence-corrected chi connectivity index (χ2v) is 8.18. The zero-order valence-electron chi connectivity index (χ0n) is 15.6. The van der Waals surface area contributed by atoms with Gasteiger partial charge in [-0.15, -0.1) is 0 Å². The van der Waals surface area contributed by atoms with Crippen LogP contribution in [0.4, 0.5) is 0 Å². The molecule has 5 nitrogen and oxygen atoms in total. The largest absolute Gasteiger partial charge is 0.422 e. The molecule has 0 saturated heterocycles. The Balaban J connectivity index is 1.97. The predicted octanol–water partition coefficient (Wildman–Crippen LogP) is 4.33. The number of sulfonamides is 1. The molecular formula is C23H17NO4S. The van der Waals surface area contributed by atoms with Gasteiger partial charge in [-0.3, -0.25) is 0 Å². The van der Waals surface area contributed by atoms with Crippen molar-refractivity contribution in [2.75, 3.05) is 0 Å². The van der Waals surface area contributed by atoms with Crippen molar-refractivity contribution >= 4 is 26.7 Å². The number of hydrogen-bond donors (Lipinski definition) is 0. The zero-order valence-corrected chi connectivity index (χ0v) is 16.4. The van der Waals surface area contributed by atoms with E-state index in [1.807, 2.05) is 13.0 Å². The molecule has 6 heteroatoms. The third-order valence-corrected chi connectivity index (χ3v) is 5.76. The van der Waals surface area contributed by atoms with E-state index in [0.29, 0.717) is 16.5 Å². The average Bonchev–Trinajstić information content (AvgIpc) is 2.73. The van der Waals surface area contributed by atoms with Gasteiger partial charge >= 0.3 is 5.63 Å². The zero-order chi connectivity index (χ0) is 20.4. The molecule has 0 fully saturated rings. The molecule has 0 N–H and O–H groups in total. The lowest BCUT2D eigenvalue weighted by Gasteiger charge is -2.08. The highest BCUT2D eigenvalue weighted by molar-refractivity contribution is 7.90. The summed E-state index contributed by atoms with van der Waals surface area (Å²) in [7, 11) is -4.04. The summed E-state index contributed by atoms with van der Waals surface area (Å²) in [5, 5.41) is 0.679. The van der Waals surface area contributed by atoms with Gasteiger partial charge in [0, 0.05) is 10.9 Å². The molecule has 0 bridgehead atoms. The Hall–Kier alpha value is -3.51. The summed E-state index contributed by atoms with van der Waals surface area (Å²) in [6.45, 7) is 1.87. The SMILES string of the molecule is Cc1ccc(S(=O)(=O)/N=C(\c2ccccc2)c2cc3ccccc3oc2=O)cc1. The number of benzene rings is 3. The second kappa shape index (κ2) is 7.48. The van der Waals surface area contributed by atoms with Crippen LogP contribution in [0.1, 0.15) is 16.7 Å². The van der Waals surface area contributed by atoms with Gasteiger partial charge in [0.05, 0.1) is 16.2 Å². The highest BCUT2D eigenvalue weighted by atomic mass is 32.2. The molecule has 0 amide bonds. The number of hydrogen-bond acceptors (Lipinski definition) is 4. The van der Waals surface area contributed by atoms with Crippen molar-refractivity contribution in [3.63, 3.8) is 0 Å². The molecule has 0 saturated carbocycles. The molecule has 0 radical (unpaired) electrons. The van der Waals surface area contributed by atoms with Crippen LogP contribution in [0.25, 0.3) is 11.0 Å².